The molecule has 0 amide bonds. The first kappa shape index (κ1) is 14.0. The number of amidine groups is 1. The minimum atomic E-state index is 0.662. The molecule has 0 saturated carbocycles. The summed E-state index contributed by atoms with van der Waals surface area (Å²) in [6, 6.07) is 8.43. The van der Waals surface area contributed by atoms with Crippen molar-refractivity contribution in [3.05, 3.63) is 35.4 Å². The lowest BCUT2D eigenvalue weighted by molar-refractivity contribution is 0.105. The van der Waals surface area contributed by atoms with Gasteiger partial charge in [0.05, 0.1) is 13.2 Å². The Morgan fingerprint density at radius 3 is 3.00 bits per heavy atom. The van der Waals surface area contributed by atoms with Crippen molar-refractivity contribution in [1.29, 1.82) is 0 Å². The summed E-state index contributed by atoms with van der Waals surface area (Å²) >= 11 is 0. The molecule has 0 atom stereocenters. The van der Waals surface area contributed by atoms with Crippen molar-refractivity contribution < 1.29 is 4.74 Å². The van der Waals surface area contributed by atoms with Gasteiger partial charge in [0, 0.05) is 25.2 Å². The number of likely N-dealkylation sites (N-methyl/N-ethyl adjacent to an activating group) is 1. The Hall–Kier alpha value is -1.39. The second kappa shape index (κ2) is 7.26. The van der Waals surface area contributed by atoms with Crippen LogP contribution >= 0.6 is 0 Å². The van der Waals surface area contributed by atoms with Gasteiger partial charge in [-0.3, -0.25) is 4.99 Å². The predicted molar refractivity (Wildman–Crippen MR) is 78.7 cm³/mol. The summed E-state index contributed by atoms with van der Waals surface area (Å²) in [4.78, 5) is 6.64. The number of hydrogen-bond acceptors (Lipinski definition) is 4. The summed E-state index contributed by atoms with van der Waals surface area (Å²) in [6.45, 7) is 4.31. The predicted octanol–water partition coefficient (Wildman–Crippen LogP) is 1.50. The second-order valence-electron chi connectivity index (χ2n) is 5.07. The van der Waals surface area contributed by atoms with E-state index in [4.69, 9.17) is 4.74 Å². The van der Waals surface area contributed by atoms with Gasteiger partial charge in [-0.15, -0.1) is 0 Å². The van der Waals surface area contributed by atoms with Gasteiger partial charge in [-0.1, -0.05) is 18.2 Å². The highest BCUT2D eigenvalue weighted by Crippen LogP contribution is 2.09. The van der Waals surface area contributed by atoms with E-state index >= 15 is 0 Å². The van der Waals surface area contributed by atoms with Crippen LogP contribution in [0.5, 0.6) is 0 Å². The van der Waals surface area contributed by atoms with Gasteiger partial charge in [0.1, 0.15) is 5.84 Å². The van der Waals surface area contributed by atoms with Gasteiger partial charge in [0.25, 0.3) is 0 Å². The molecule has 1 aliphatic rings. The first-order valence-corrected chi connectivity index (χ1v) is 6.86. The third-order valence-corrected chi connectivity index (χ3v) is 3.05. The molecule has 1 heterocycles. The molecular formula is C15H23N3O. The molecule has 1 aromatic carbocycles. The number of ether oxygens (including phenoxy) is 1. The molecule has 0 aromatic heterocycles. The van der Waals surface area contributed by atoms with E-state index in [9.17, 15) is 0 Å². The first-order valence-electron chi connectivity index (χ1n) is 6.86. The maximum absolute atomic E-state index is 5.67. The van der Waals surface area contributed by atoms with Crippen molar-refractivity contribution in [2.45, 2.75) is 13.0 Å². The van der Waals surface area contributed by atoms with Crippen LogP contribution in [-0.2, 0) is 11.3 Å². The largest absolute Gasteiger partial charge is 0.375 e. The zero-order chi connectivity index (χ0) is 13.5. The van der Waals surface area contributed by atoms with Crippen molar-refractivity contribution >= 4 is 5.84 Å². The summed E-state index contributed by atoms with van der Waals surface area (Å²) in [5.74, 6) is 1.02. The van der Waals surface area contributed by atoms with Gasteiger partial charge >= 0.3 is 0 Å². The van der Waals surface area contributed by atoms with E-state index in [0.717, 1.165) is 44.1 Å². The Bertz CT molecular complexity index is 429. The summed E-state index contributed by atoms with van der Waals surface area (Å²) in [5, 5.41) is 3.35. The average Bonchev–Trinajstić information content (AvgIpc) is 2.45. The van der Waals surface area contributed by atoms with Crippen molar-refractivity contribution in [3.63, 3.8) is 0 Å². The molecule has 0 radical (unpaired) electrons. The van der Waals surface area contributed by atoms with Crippen LogP contribution in [-0.4, -0.2) is 51.1 Å². The van der Waals surface area contributed by atoms with Gasteiger partial charge in [0.15, 0.2) is 0 Å². The van der Waals surface area contributed by atoms with Crippen LogP contribution < -0.4 is 5.32 Å². The minimum Gasteiger partial charge on any atom is -0.375 e. The Labute approximate surface area is 115 Å². The second-order valence-corrected chi connectivity index (χ2v) is 5.07. The zero-order valence-corrected chi connectivity index (χ0v) is 11.9. The molecule has 1 aromatic rings. The van der Waals surface area contributed by atoms with E-state index in [1.165, 1.54) is 5.56 Å². The molecule has 0 spiro atoms. The number of aliphatic imine (C=N–C) groups is 1. The lowest BCUT2D eigenvalue weighted by atomic mass is 10.1. The Balaban J connectivity index is 1.90. The van der Waals surface area contributed by atoms with E-state index in [-0.39, 0.29) is 0 Å². The van der Waals surface area contributed by atoms with Gasteiger partial charge in [-0.05, 0) is 32.1 Å². The molecule has 0 fully saturated rings. The standard InChI is InChI=1S/C15H23N3O/c1-18(2)9-10-19-12-13-5-3-6-14(11-13)15-16-7-4-8-17-15/h3,5-6,11H,4,7-10,12H2,1-2H3,(H,16,17). The maximum Gasteiger partial charge on any atom is 0.128 e. The molecule has 104 valence electrons. The fraction of sp³-hybridized carbons (Fsp3) is 0.533. The van der Waals surface area contributed by atoms with E-state index in [1.807, 2.05) is 0 Å². The van der Waals surface area contributed by atoms with Crippen molar-refractivity contribution in [1.82, 2.24) is 10.2 Å². The Morgan fingerprint density at radius 2 is 2.26 bits per heavy atom. The highest BCUT2D eigenvalue weighted by molar-refractivity contribution is 5.99. The average molecular weight is 261 g/mol. The molecule has 4 heteroatoms. The van der Waals surface area contributed by atoms with Gasteiger partial charge in [-0.2, -0.15) is 0 Å². The molecule has 0 aliphatic carbocycles. The SMILES string of the molecule is CN(C)CCOCc1cccc(C2=NCCCN2)c1. The van der Waals surface area contributed by atoms with Crippen LogP contribution in [0.4, 0.5) is 0 Å². The molecule has 4 nitrogen and oxygen atoms in total. The molecule has 0 bridgehead atoms. The fourth-order valence-corrected chi connectivity index (χ4v) is 1.97. The maximum atomic E-state index is 5.67. The Kier molecular flexibility index (Phi) is 5.36. The topological polar surface area (TPSA) is 36.9 Å². The Morgan fingerprint density at radius 1 is 1.37 bits per heavy atom. The summed E-state index contributed by atoms with van der Waals surface area (Å²) in [6.07, 6.45) is 1.12. The van der Waals surface area contributed by atoms with Crippen LogP contribution in [0.2, 0.25) is 0 Å². The fourth-order valence-electron chi connectivity index (χ4n) is 1.97. The van der Waals surface area contributed by atoms with Crippen molar-refractivity contribution in [2.24, 2.45) is 4.99 Å². The lowest BCUT2D eigenvalue weighted by Crippen LogP contribution is -2.30. The lowest BCUT2D eigenvalue weighted by Gasteiger charge is -2.15. The third-order valence-electron chi connectivity index (χ3n) is 3.05. The van der Waals surface area contributed by atoms with Gasteiger partial charge in [-0.25, -0.2) is 0 Å². The highest BCUT2D eigenvalue weighted by atomic mass is 16.5. The number of nitrogens with zero attached hydrogens (tertiary/aromatic N) is 2. The summed E-state index contributed by atoms with van der Waals surface area (Å²) in [7, 11) is 4.10. The van der Waals surface area contributed by atoms with Gasteiger partial charge < -0.3 is 15.0 Å². The number of nitrogens with one attached hydrogen (secondary N) is 1. The van der Waals surface area contributed by atoms with Crippen LogP contribution in [0, 0.1) is 0 Å². The van der Waals surface area contributed by atoms with Crippen LogP contribution in [0.3, 0.4) is 0 Å². The van der Waals surface area contributed by atoms with E-state index < -0.39 is 0 Å². The highest BCUT2D eigenvalue weighted by Gasteiger charge is 2.07. The smallest absolute Gasteiger partial charge is 0.128 e. The molecule has 19 heavy (non-hydrogen) atoms. The number of hydrogen-bond donors (Lipinski definition) is 1. The molecule has 1 aliphatic heterocycles. The van der Waals surface area contributed by atoms with Gasteiger partial charge in [0.2, 0.25) is 0 Å². The van der Waals surface area contributed by atoms with Crippen LogP contribution in [0.25, 0.3) is 0 Å². The number of rotatable bonds is 6. The monoisotopic (exact) mass is 261 g/mol. The minimum absolute atomic E-state index is 0.662. The van der Waals surface area contributed by atoms with E-state index in [2.05, 4.69) is 53.6 Å². The molecule has 1 N–H and O–H groups in total. The third kappa shape index (κ3) is 4.65. The van der Waals surface area contributed by atoms with Crippen molar-refractivity contribution in [3.8, 4) is 0 Å². The van der Waals surface area contributed by atoms with Crippen LogP contribution in [0.15, 0.2) is 29.3 Å². The van der Waals surface area contributed by atoms with E-state index in [0.29, 0.717) is 6.61 Å². The van der Waals surface area contributed by atoms with Crippen LogP contribution in [0.1, 0.15) is 17.5 Å². The quantitative estimate of drug-likeness (QED) is 0.789. The zero-order valence-electron chi connectivity index (χ0n) is 11.9. The summed E-state index contributed by atoms with van der Waals surface area (Å²) < 4.78 is 5.67. The first-order chi connectivity index (χ1) is 9.25. The summed E-state index contributed by atoms with van der Waals surface area (Å²) in [5.41, 5.74) is 2.36. The molecular weight excluding hydrogens is 238 g/mol. The normalized spacial score (nSPS) is 15.2. The van der Waals surface area contributed by atoms with E-state index in [1.54, 1.807) is 0 Å². The number of benzene rings is 1. The molecule has 0 saturated heterocycles. The van der Waals surface area contributed by atoms with Crippen molar-refractivity contribution in [2.75, 3.05) is 40.3 Å². The molecule has 0 unspecified atom stereocenters. The molecule has 2 rings (SSSR count).